The highest BCUT2D eigenvalue weighted by atomic mass is 32.2. The number of rotatable bonds is 21. The van der Waals surface area contributed by atoms with Crippen molar-refractivity contribution in [2.24, 2.45) is 0 Å². The van der Waals surface area contributed by atoms with E-state index < -0.39 is 91.1 Å². The van der Waals surface area contributed by atoms with Gasteiger partial charge in [0, 0.05) is 85.8 Å². The van der Waals surface area contributed by atoms with Crippen molar-refractivity contribution < 1.29 is 91.4 Å². The van der Waals surface area contributed by atoms with Gasteiger partial charge in [-0.3, -0.25) is 23.2 Å². The smallest absolute Gasteiger partial charge is 0.456 e. The molecule has 2 amide bonds. The molecule has 4 aliphatic rings. The Morgan fingerprint density at radius 2 is 1.58 bits per heavy atom. The number of nitrogens with zero attached hydrogens (tertiary/aromatic N) is 6. The lowest BCUT2D eigenvalue weighted by Gasteiger charge is -2.43. The number of amides is 2. The third kappa shape index (κ3) is 14.7. The number of nitrogen functional groups attached to an aromatic ring is 1. The van der Waals surface area contributed by atoms with Crippen molar-refractivity contribution in [3.8, 4) is 23.3 Å². The molecule has 3 aromatic carbocycles. The Balaban J connectivity index is 0.947. The summed E-state index contributed by atoms with van der Waals surface area (Å²) in [5.41, 5.74) is 9.49. The Bertz CT molecular complexity index is 4360. The Morgan fingerprint density at radius 3 is 2.25 bits per heavy atom. The SMILES string of the molecule is CCN1c2cc3c(cc2C(CS(=O)(=O)O)=CC1(C)C)C(c1ccccc1C(=O)N(C)CCCC(=O)NCC#Cc1cn([C@H]2CC[C@@H](COP(=O)(O)OP(=O)(O)OP(=O)(O)O)O2)c2ncnc(N)c12)=c1cc2c(cc1O3)=[N+](CC)C(C)(C)C=C2CS(=O)(=O)O. The monoisotopic (exact) mass is 1320 g/mol. The molecule has 1 saturated heterocycles. The van der Waals surface area contributed by atoms with Crippen molar-refractivity contribution in [2.45, 2.75) is 90.6 Å². The molecule has 88 heavy (non-hydrogen) atoms. The fraction of sp³-hybridized carbons (Fsp3) is 0.400. The molecule has 2 aromatic heterocycles. The topological polar surface area (TPSA) is 399 Å². The first kappa shape index (κ1) is 66.0. The highest BCUT2D eigenvalue weighted by Crippen LogP contribution is 2.66. The normalized spacial score (nSPS) is 19.1. The number of phosphoric acid groups is 3. The molecule has 9 rings (SSSR count). The Kier molecular flexibility index (Phi) is 18.5. The fourth-order valence-electron chi connectivity index (χ4n) is 11.7. The van der Waals surface area contributed by atoms with Crippen LogP contribution in [0.3, 0.4) is 0 Å². The maximum atomic E-state index is 14.8. The molecule has 33 heteroatoms. The summed E-state index contributed by atoms with van der Waals surface area (Å²) in [4.78, 5) is 77.0. The van der Waals surface area contributed by atoms with Crippen LogP contribution in [0.25, 0.3) is 27.8 Å². The van der Waals surface area contributed by atoms with E-state index in [9.17, 15) is 59.0 Å². The minimum Gasteiger partial charge on any atom is -0.456 e. The van der Waals surface area contributed by atoms with Crippen LogP contribution in [-0.2, 0) is 56.6 Å². The second-order valence-corrected chi connectivity index (χ2v) is 29.7. The standard InChI is InChI=1S/C55H65N8O20P3S2/c1-8-62-43-24-45-41(22-39(43)34(26-54(62,3)4)30-87(73,74)75)50(42-23-40-35(31-88(76,77)78)27-55(5,6)63(9-2)44(40)25-46(42)81-45)37-15-10-11-16-38(37)53(65)60(7)21-13-17-47(64)57-20-12-14-33-28-61(52-49(33)51(56)58-32-59-52)48-19-18-36(80-48)29-79-85(69,70)83-86(71,72)82-84(66,67)68/h10-11,15-16,22-28,32,36,48H,8-9,13,17-21,29-31H2,1-7H3,(H8-,56,57,58,59,64,66,67,68,69,70,71,72,73,74,75,76,77,78)/p+1/t36-,48+/m0/s1. The third-order valence-electron chi connectivity index (χ3n) is 15.1. The zero-order valence-corrected chi connectivity index (χ0v) is 53.0. The second-order valence-electron chi connectivity index (χ2n) is 22.3. The van der Waals surface area contributed by atoms with Gasteiger partial charge in [-0.1, -0.05) is 36.1 Å². The predicted molar refractivity (Wildman–Crippen MR) is 323 cm³/mol. The van der Waals surface area contributed by atoms with Crippen LogP contribution in [0.15, 0.2) is 73.2 Å². The molecule has 0 aliphatic carbocycles. The summed E-state index contributed by atoms with van der Waals surface area (Å²) in [7, 11) is -24.2. The lowest BCUT2D eigenvalue weighted by atomic mass is 9.83. The first-order valence-corrected chi connectivity index (χ1v) is 35.2. The van der Waals surface area contributed by atoms with E-state index in [2.05, 4.69) is 45.2 Å². The molecular formula is C55H66N8O20P3S2+. The number of likely N-dealkylation sites (N-methyl/N-ethyl adjacent to an activating group) is 2. The molecule has 472 valence electrons. The Hall–Kier alpha value is -6.48. The summed E-state index contributed by atoms with van der Waals surface area (Å²) < 4.78 is 135. The number of hydrogen-bond acceptors (Lipinski definition) is 18. The summed E-state index contributed by atoms with van der Waals surface area (Å²) >= 11 is 0. The van der Waals surface area contributed by atoms with E-state index in [1.54, 1.807) is 66.4 Å². The van der Waals surface area contributed by atoms with Crippen LogP contribution >= 0.6 is 23.5 Å². The average molecular weight is 1320 g/mol. The lowest BCUT2D eigenvalue weighted by molar-refractivity contribution is -0.121. The molecule has 5 aromatic rings. The number of nitrogens with one attached hydrogen (secondary N) is 1. The zero-order chi connectivity index (χ0) is 64.3. The van der Waals surface area contributed by atoms with Gasteiger partial charge in [-0.15, -0.1) is 0 Å². The van der Waals surface area contributed by atoms with Crippen molar-refractivity contribution in [3.63, 3.8) is 0 Å². The van der Waals surface area contributed by atoms with E-state index in [0.29, 0.717) is 103 Å². The molecule has 6 heterocycles. The quantitative estimate of drug-likeness (QED) is 0.0206. The van der Waals surface area contributed by atoms with Crippen molar-refractivity contribution in [2.75, 3.05) is 62.0 Å². The summed E-state index contributed by atoms with van der Waals surface area (Å²) in [6, 6.07) is 14.1. The first-order chi connectivity index (χ1) is 41.0. The molecule has 4 aliphatic heterocycles. The molecule has 0 bridgehead atoms. The van der Waals surface area contributed by atoms with Crippen LogP contribution in [-0.4, -0.2) is 145 Å². The van der Waals surface area contributed by atoms with Gasteiger partial charge in [0.1, 0.15) is 53.6 Å². The molecule has 0 saturated carbocycles. The van der Waals surface area contributed by atoms with Crippen molar-refractivity contribution in [3.05, 3.63) is 117 Å². The fourth-order valence-corrected chi connectivity index (χ4v) is 16.1. The van der Waals surface area contributed by atoms with Crippen molar-refractivity contribution >= 4 is 94.8 Å². The minimum atomic E-state index is -5.72. The molecule has 9 N–H and O–H groups in total. The molecule has 4 atom stereocenters. The maximum absolute atomic E-state index is 14.8. The molecule has 2 unspecified atom stereocenters. The molecular weight excluding hydrogens is 1250 g/mol. The maximum Gasteiger partial charge on any atom is 0.490 e. The van der Waals surface area contributed by atoms with E-state index in [0.717, 1.165) is 0 Å². The highest BCUT2D eigenvalue weighted by Gasteiger charge is 2.43. The molecule has 1 fully saturated rings. The average Bonchev–Trinajstić information content (AvgIpc) is 1.01. The number of carbonyl (C=O) groups excluding carboxylic acids is 2. The van der Waals surface area contributed by atoms with Crippen molar-refractivity contribution in [1.29, 1.82) is 0 Å². The summed E-state index contributed by atoms with van der Waals surface area (Å²) in [5, 5.41) is 4.23. The van der Waals surface area contributed by atoms with Crippen molar-refractivity contribution in [1.82, 2.24) is 29.3 Å². The number of ether oxygens (including phenoxy) is 2. The van der Waals surface area contributed by atoms with Crippen LogP contribution in [0, 0.1) is 11.8 Å². The number of nitrogens with two attached hydrogens (primary N) is 1. The van der Waals surface area contributed by atoms with Gasteiger partial charge in [0.25, 0.3) is 26.1 Å². The van der Waals surface area contributed by atoms with Crippen LogP contribution < -0.4 is 35.8 Å². The van der Waals surface area contributed by atoms with Crippen LogP contribution in [0.5, 0.6) is 11.5 Å². The van der Waals surface area contributed by atoms with Gasteiger partial charge in [-0.05, 0) is 87.9 Å². The molecule has 0 spiro atoms. The van der Waals surface area contributed by atoms with Gasteiger partial charge >= 0.3 is 23.5 Å². The minimum absolute atomic E-state index is 0.00896. The number of phosphoric ester groups is 1. The number of carbonyl (C=O) groups is 2. The Morgan fingerprint density at radius 1 is 0.886 bits per heavy atom. The number of hydrogen-bond donors (Lipinski definition) is 8. The van der Waals surface area contributed by atoms with E-state index in [-0.39, 0.29) is 49.6 Å². The van der Waals surface area contributed by atoms with Gasteiger partial charge in [0.15, 0.2) is 5.54 Å². The molecule has 28 nitrogen and oxygen atoms in total. The van der Waals surface area contributed by atoms with Crippen LogP contribution in [0.4, 0.5) is 11.5 Å². The second kappa shape index (κ2) is 24.7. The number of benzene rings is 3. The van der Waals surface area contributed by atoms with E-state index in [1.807, 2.05) is 53.7 Å². The van der Waals surface area contributed by atoms with E-state index in [4.69, 9.17) is 29.5 Å². The number of fused-ring (bicyclic) bond motifs is 5. The van der Waals surface area contributed by atoms with Gasteiger partial charge < -0.3 is 54.5 Å². The van der Waals surface area contributed by atoms with Gasteiger partial charge in [-0.2, -0.15) is 25.5 Å². The molecule has 0 radical (unpaired) electrons. The van der Waals surface area contributed by atoms with Gasteiger partial charge in [0.05, 0.1) is 47.4 Å². The number of anilines is 2. The van der Waals surface area contributed by atoms with Crippen LogP contribution in [0.2, 0.25) is 0 Å². The van der Waals surface area contributed by atoms with Gasteiger partial charge in [-0.25, -0.2) is 28.2 Å². The zero-order valence-electron chi connectivity index (χ0n) is 48.7. The van der Waals surface area contributed by atoms with E-state index >= 15 is 0 Å². The highest BCUT2D eigenvalue weighted by molar-refractivity contribution is 7.86. The number of aromatic nitrogens is 3. The Labute approximate surface area is 506 Å². The summed E-state index contributed by atoms with van der Waals surface area (Å²) in [5.74, 6) is 4.53. The largest absolute Gasteiger partial charge is 0.490 e. The first-order valence-electron chi connectivity index (χ1n) is 27.4. The lowest BCUT2D eigenvalue weighted by Crippen LogP contribution is -2.50. The third-order valence-corrected chi connectivity index (χ3v) is 20.3. The predicted octanol–water partition coefficient (Wildman–Crippen LogP) is 4.87. The van der Waals surface area contributed by atoms with Crippen LogP contribution in [0.1, 0.15) is 112 Å². The van der Waals surface area contributed by atoms with E-state index in [1.165, 1.54) is 11.2 Å². The summed E-state index contributed by atoms with van der Waals surface area (Å²) in [6.07, 6.45) is 5.52. The van der Waals surface area contributed by atoms with Gasteiger partial charge in [0.2, 0.25) is 11.3 Å². The summed E-state index contributed by atoms with van der Waals surface area (Å²) in [6.45, 7) is 12.0.